The summed E-state index contributed by atoms with van der Waals surface area (Å²) in [4.78, 5) is 10.4. The van der Waals surface area contributed by atoms with Crippen LogP contribution in [-0.4, -0.2) is 16.2 Å². The molecular formula is C11H11NO3. The van der Waals surface area contributed by atoms with Gasteiger partial charge in [-0.1, -0.05) is 17.3 Å². The van der Waals surface area contributed by atoms with E-state index >= 15 is 0 Å². The standard InChI is InChI=1S/C11H11NO3/c13-10(14)6-2-4-8-3-1-5-9-7-12-15-11(8)9/h1,3,5,7H,2,4,6H2,(H,13,14). The van der Waals surface area contributed by atoms with E-state index in [1.54, 1.807) is 6.20 Å². The van der Waals surface area contributed by atoms with Crippen LogP contribution in [0.25, 0.3) is 11.0 Å². The van der Waals surface area contributed by atoms with Crippen molar-refractivity contribution in [3.8, 4) is 0 Å². The Morgan fingerprint density at radius 3 is 3.13 bits per heavy atom. The van der Waals surface area contributed by atoms with Gasteiger partial charge in [-0.2, -0.15) is 0 Å². The number of fused-ring (bicyclic) bond motifs is 1. The molecule has 1 aromatic heterocycles. The molecule has 1 N–H and O–H groups in total. The van der Waals surface area contributed by atoms with Crippen LogP contribution in [-0.2, 0) is 11.2 Å². The van der Waals surface area contributed by atoms with Crippen LogP contribution in [0.4, 0.5) is 0 Å². The van der Waals surface area contributed by atoms with Gasteiger partial charge in [0, 0.05) is 11.8 Å². The first-order chi connectivity index (χ1) is 7.27. The molecule has 4 nitrogen and oxygen atoms in total. The van der Waals surface area contributed by atoms with E-state index in [2.05, 4.69) is 5.16 Å². The number of hydrogen-bond donors (Lipinski definition) is 1. The number of carbonyl (C=O) groups is 1. The molecule has 4 heteroatoms. The van der Waals surface area contributed by atoms with Crippen molar-refractivity contribution in [2.24, 2.45) is 0 Å². The Hall–Kier alpha value is -1.84. The van der Waals surface area contributed by atoms with E-state index < -0.39 is 5.97 Å². The quantitative estimate of drug-likeness (QED) is 0.831. The van der Waals surface area contributed by atoms with Crippen molar-refractivity contribution in [3.05, 3.63) is 30.0 Å². The van der Waals surface area contributed by atoms with Crippen molar-refractivity contribution < 1.29 is 14.4 Å². The SMILES string of the molecule is O=C(O)CCCc1cccc2cnoc12. The van der Waals surface area contributed by atoms with E-state index in [0.717, 1.165) is 16.5 Å². The molecule has 1 aromatic carbocycles. The lowest BCUT2D eigenvalue weighted by Crippen LogP contribution is -1.95. The number of para-hydroxylation sites is 1. The predicted molar refractivity (Wildman–Crippen MR) is 54.6 cm³/mol. The summed E-state index contributed by atoms with van der Waals surface area (Å²) in [7, 11) is 0. The van der Waals surface area contributed by atoms with Crippen LogP contribution in [0.5, 0.6) is 0 Å². The zero-order valence-electron chi connectivity index (χ0n) is 8.14. The van der Waals surface area contributed by atoms with Gasteiger partial charge in [0.05, 0.1) is 6.20 Å². The molecule has 0 radical (unpaired) electrons. The monoisotopic (exact) mass is 205 g/mol. The summed E-state index contributed by atoms with van der Waals surface area (Å²) in [5.41, 5.74) is 1.79. The number of rotatable bonds is 4. The van der Waals surface area contributed by atoms with Crippen LogP contribution in [0.1, 0.15) is 18.4 Å². The number of nitrogens with zero attached hydrogens (tertiary/aromatic N) is 1. The molecule has 0 unspecified atom stereocenters. The fraction of sp³-hybridized carbons (Fsp3) is 0.273. The highest BCUT2D eigenvalue weighted by molar-refractivity contribution is 5.79. The minimum Gasteiger partial charge on any atom is -0.481 e. The van der Waals surface area contributed by atoms with Gasteiger partial charge in [-0.25, -0.2) is 0 Å². The van der Waals surface area contributed by atoms with Gasteiger partial charge in [-0.05, 0) is 24.5 Å². The lowest BCUT2D eigenvalue weighted by Gasteiger charge is -1.99. The Morgan fingerprint density at radius 1 is 1.47 bits per heavy atom. The molecule has 15 heavy (non-hydrogen) atoms. The molecule has 0 aliphatic heterocycles. The minimum atomic E-state index is -0.764. The number of carboxylic acid groups (broad SMARTS) is 1. The molecule has 1 heterocycles. The van der Waals surface area contributed by atoms with Crippen molar-refractivity contribution in [2.45, 2.75) is 19.3 Å². The molecule has 2 rings (SSSR count). The molecule has 0 saturated heterocycles. The first kappa shape index (κ1) is 9.71. The zero-order valence-corrected chi connectivity index (χ0v) is 8.14. The molecule has 0 aliphatic rings. The van der Waals surface area contributed by atoms with E-state index in [4.69, 9.17) is 9.63 Å². The maximum Gasteiger partial charge on any atom is 0.303 e. The first-order valence-corrected chi connectivity index (χ1v) is 4.81. The summed E-state index contributed by atoms with van der Waals surface area (Å²) in [6.07, 6.45) is 3.18. The van der Waals surface area contributed by atoms with Crippen LogP contribution < -0.4 is 0 Å². The highest BCUT2D eigenvalue weighted by Gasteiger charge is 2.05. The van der Waals surface area contributed by atoms with Crippen LogP contribution in [0.2, 0.25) is 0 Å². The lowest BCUT2D eigenvalue weighted by atomic mass is 10.1. The Labute approximate surface area is 86.5 Å². The minimum absolute atomic E-state index is 0.185. The van der Waals surface area contributed by atoms with Crippen molar-refractivity contribution in [2.75, 3.05) is 0 Å². The molecule has 0 amide bonds. The van der Waals surface area contributed by atoms with Gasteiger partial charge in [-0.15, -0.1) is 0 Å². The van der Waals surface area contributed by atoms with Crippen LogP contribution in [0.3, 0.4) is 0 Å². The van der Waals surface area contributed by atoms with E-state index in [1.807, 2.05) is 18.2 Å². The summed E-state index contributed by atoms with van der Waals surface area (Å²) < 4.78 is 5.11. The average molecular weight is 205 g/mol. The Morgan fingerprint density at radius 2 is 2.33 bits per heavy atom. The highest BCUT2D eigenvalue weighted by atomic mass is 16.5. The van der Waals surface area contributed by atoms with E-state index in [9.17, 15) is 4.79 Å². The second kappa shape index (κ2) is 4.13. The van der Waals surface area contributed by atoms with Gasteiger partial charge in [0.2, 0.25) is 0 Å². The van der Waals surface area contributed by atoms with Gasteiger partial charge >= 0.3 is 5.97 Å². The summed E-state index contributed by atoms with van der Waals surface area (Å²) in [5, 5.41) is 13.2. The van der Waals surface area contributed by atoms with Gasteiger partial charge in [0.15, 0.2) is 5.58 Å². The second-order valence-corrected chi connectivity index (χ2v) is 3.41. The Bertz CT molecular complexity index is 475. The largest absolute Gasteiger partial charge is 0.481 e. The summed E-state index contributed by atoms with van der Waals surface area (Å²) in [5.74, 6) is -0.764. The molecule has 78 valence electrons. The van der Waals surface area contributed by atoms with Gasteiger partial charge in [0.25, 0.3) is 0 Å². The normalized spacial score (nSPS) is 10.7. The predicted octanol–water partition coefficient (Wildman–Crippen LogP) is 2.24. The topological polar surface area (TPSA) is 63.3 Å². The van der Waals surface area contributed by atoms with Crippen molar-refractivity contribution >= 4 is 16.9 Å². The third kappa shape index (κ3) is 2.15. The maximum absolute atomic E-state index is 10.4. The van der Waals surface area contributed by atoms with Crippen LogP contribution in [0.15, 0.2) is 28.9 Å². The van der Waals surface area contributed by atoms with Crippen LogP contribution >= 0.6 is 0 Å². The third-order valence-electron chi connectivity index (χ3n) is 2.30. The number of aryl methyl sites for hydroxylation is 1. The molecular weight excluding hydrogens is 194 g/mol. The Balaban J connectivity index is 2.13. The fourth-order valence-electron chi connectivity index (χ4n) is 1.58. The number of carboxylic acids is 1. The molecule has 0 spiro atoms. The summed E-state index contributed by atoms with van der Waals surface area (Å²) in [6, 6.07) is 5.79. The third-order valence-corrected chi connectivity index (χ3v) is 2.30. The van der Waals surface area contributed by atoms with E-state index in [-0.39, 0.29) is 6.42 Å². The fourth-order valence-corrected chi connectivity index (χ4v) is 1.58. The molecule has 0 fully saturated rings. The van der Waals surface area contributed by atoms with Crippen molar-refractivity contribution in [1.82, 2.24) is 5.16 Å². The summed E-state index contributed by atoms with van der Waals surface area (Å²) in [6.45, 7) is 0. The number of aromatic nitrogens is 1. The number of aliphatic carboxylic acids is 1. The van der Waals surface area contributed by atoms with Gasteiger partial charge in [0.1, 0.15) is 0 Å². The van der Waals surface area contributed by atoms with Gasteiger partial charge < -0.3 is 9.63 Å². The molecule has 2 aromatic rings. The van der Waals surface area contributed by atoms with Crippen molar-refractivity contribution in [3.63, 3.8) is 0 Å². The molecule has 0 atom stereocenters. The number of benzene rings is 1. The highest BCUT2D eigenvalue weighted by Crippen LogP contribution is 2.19. The van der Waals surface area contributed by atoms with Gasteiger partial charge in [-0.3, -0.25) is 4.79 Å². The van der Waals surface area contributed by atoms with E-state index in [1.165, 1.54) is 0 Å². The first-order valence-electron chi connectivity index (χ1n) is 4.81. The van der Waals surface area contributed by atoms with Crippen molar-refractivity contribution in [1.29, 1.82) is 0 Å². The summed E-state index contributed by atoms with van der Waals surface area (Å²) >= 11 is 0. The number of hydrogen-bond acceptors (Lipinski definition) is 3. The zero-order chi connectivity index (χ0) is 10.7. The van der Waals surface area contributed by atoms with Crippen LogP contribution in [0, 0.1) is 0 Å². The maximum atomic E-state index is 10.4. The van der Waals surface area contributed by atoms with E-state index in [0.29, 0.717) is 12.8 Å². The lowest BCUT2D eigenvalue weighted by molar-refractivity contribution is -0.137. The Kier molecular flexibility index (Phi) is 2.67. The molecule has 0 aliphatic carbocycles. The smallest absolute Gasteiger partial charge is 0.303 e. The molecule has 0 saturated carbocycles. The second-order valence-electron chi connectivity index (χ2n) is 3.41. The average Bonchev–Trinajstić information content (AvgIpc) is 2.65. The molecule has 0 bridgehead atoms.